The molecular formula is C17H26N4O2. The molecule has 0 atom stereocenters. The van der Waals surface area contributed by atoms with E-state index in [4.69, 9.17) is 9.47 Å². The maximum absolute atomic E-state index is 5.19. The molecule has 0 saturated carbocycles. The summed E-state index contributed by atoms with van der Waals surface area (Å²) in [6, 6.07) is 6.22. The highest BCUT2D eigenvalue weighted by Crippen LogP contribution is 2.18. The molecule has 1 fully saturated rings. The van der Waals surface area contributed by atoms with E-state index in [9.17, 15) is 0 Å². The number of methoxy groups -OCH3 is 2. The molecule has 1 saturated heterocycles. The standard InChI is InChI=1S/C17H26N4O2/c1-22-17(23-2)12-18-15-5-6-16-14(11-15)13-21(19-16)10-9-20-7-3-4-8-20/h5-6,11,13,17-18H,3-4,7-10,12H2,1-2H3. The molecule has 23 heavy (non-hydrogen) atoms. The quantitative estimate of drug-likeness (QED) is 0.756. The van der Waals surface area contributed by atoms with Crippen LogP contribution in [0.1, 0.15) is 12.8 Å². The van der Waals surface area contributed by atoms with Gasteiger partial charge < -0.3 is 19.7 Å². The first-order valence-corrected chi connectivity index (χ1v) is 8.27. The van der Waals surface area contributed by atoms with Gasteiger partial charge in [-0.05, 0) is 44.1 Å². The maximum Gasteiger partial charge on any atom is 0.173 e. The van der Waals surface area contributed by atoms with Crippen LogP contribution in [-0.4, -0.2) is 61.4 Å². The van der Waals surface area contributed by atoms with Crippen LogP contribution < -0.4 is 5.32 Å². The number of likely N-dealkylation sites (tertiary alicyclic amines) is 1. The average Bonchev–Trinajstić information content (AvgIpc) is 3.22. The van der Waals surface area contributed by atoms with Crippen LogP contribution in [0, 0.1) is 0 Å². The number of ether oxygens (including phenoxy) is 2. The molecule has 1 aromatic carbocycles. The number of benzene rings is 1. The van der Waals surface area contributed by atoms with E-state index in [1.54, 1.807) is 14.2 Å². The first kappa shape index (κ1) is 16.2. The lowest BCUT2D eigenvalue weighted by Crippen LogP contribution is -2.24. The van der Waals surface area contributed by atoms with Crippen molar-refractivity contribution in [2.24, 2.45) is 0 Å². The van der Waals surface area contributed by atoms with E-state index < -0.39 is 0 Å². The van der Waals surface area contributed by atoms with Gasteiger partial charge in [-0.1, -0.05) is 0 Å². The Morgan fingerprint density at radius 3 is 2.70 bits per heavy atom. The van der Waals surface area contributed by atoms with Gasteiger partial charge in [-0.2, -0.15) is 5.10 Å². The van der Waals surface area contributed by atoms with E-state index in [0.717, 1.165) is 29.7 Å². The summed E-state index contributed by atoms with van der Waals surface area (Å²) in [5.41, 5.74) is 2.09. The first-order chi connectivity index (χ1) is 11.3. The molecule has 1 aliphatic heterocycles. The van der Waals surface area contributed by atoms with Crippen LogP contribution in [0.5, 0.6) is 0 Å². The summed E-state index contributed by atoms with van der Waals surface area (Å²) in [5.74, 6) is 0. The number of nitrogens with one attached hydrogen (secondary N) is 1. The van der Waals surface area contributed by atoms with E-state index in [-0.39, 0.29) is 6.29 Å². The van der Waals surface area contributed by atoms with Gasteiger partial charge in [0.15, 0.2) is 6.29 Å². The molecule has 0 bridgehead atoms. The monoisotopic (exact) mass is 318 g/mol. The van der Waals surface area contributed by atoms with Gasteiger partial charge in [-0.3, -0.25) is 4.68 Å². The summed E-state index contributed by atoms with van der Waals surface area (Å²) in [5, 5.41) is 9.14. The molecule has 0 aliphatic carbocycles. The van der Waals surface area contributed by atoms with Gasteiger partial charge in [0.05, 0.1) is 18.6 Å². The zero-order chi connectivity index (χ0) is 16.1. The largest absolute Gasteiger partial charge is 0.380 e. The Morgan fingerprint density at radius 2 is 1.96 bits per heavy atom. The highest BCUT2D eigenvalue weighted by atomic mass is 16.7. The predicted octanol–water partition coefficient (Wildman–Crippen LogP) is 2.16. The molecule has 1 aliphatic rings. The highest BCUT2D eigenvalue weighted by molar-refractivity contribution is 5.81. The minimum absolute atomic E-state index is 0.242. The molecule has 0 amide bonds. The molecule has 2 heterocycles. The van der Waals surface area contributed by atoms with Gasteiger partial charge in [0, 0.05) is 38.0 Å². The topological polar surface area (TPSA) is 51.5 Å². The predicted molar refractivity (Wildman–Crippen MR) is 91.7 cm³/mol. The van der Waals surface area contributed by atoms with Crippen molar-refractivity contribution >= 4 is 16.6 Å². The fraction of sp³-hybridized carbons (Fsp3) is 0.588. The second-order valence-corrected chi connectivity index (χ2v) is 6.00. The maximum atomic E-state index is 5.19. The summed E-state index contributed by atoms with van der Waals surface area (Å²) in [6.07, 6.45) is 4.55. The molecule has 1 aromatic heterocycles. The Hall–Kier alpha value is -1.63. The molecule has 6 heteroatoms. The van der Waals surface area contributed by atoms with Crippen LogP contribution in [0.4, 0.5) is 5.69 Å². The van der Waals surface area contributed by atoms with Gasteiger partial charge in [-0.25, -0.2) is 0 Å². The molecule has 1 N–H and O–H groups in total. The molecule has 0 unspecified atom stereocenters. The smallest absolute Gasteiger partial charge is 0.173 e. The Balaban J connectivity index is 1.60. The van der Waals surface area contributed by atoms with Crippen LogP contribution in [0.15, 0.2) is 24.4 Å². The Bertz CT molecular complexity index is 614. The number of fused-ring (bicyclic) bond motifs is 1. The van der Waals surface area contributed by atoms with Gasteiger partial charge >= 0.3 is 0 Å². The second kappa shape index (κ2) is 7.77. The summed E-state index contributed by atoms with van der Waals surface area (Å²) < 4.78 is 12.4. The lowest BCUT2D eigenvalue weighted by atomic mass is 10.2. The molecular weight excluding hydrogens is 292 g/mol. The number of hydrogen-bond acceptors (Lipinski definition) is 5. The Morgan fingerprint density at radius 1 is 1.17 bits per heavy atom. The molecule has 3 rings (SSSR count). The van der Waals surface area contributed by atoms with Crippen molar-refractivity contribution in [2.75, 3.05) is 45.7 Å². The minimum Gasteiger partial charge on any atom is -0.380 e. The average molecular weight is 318 g/mol. The molecule has 2 aromatic rings. The summed E-state index contributed by atoms with van der Waals surface area (Å²) in [6.45, 7) is 5.11. The van der Waals surface area contributed by atoms with E-state index in [0.29, 0.717) is 6.54 Å². The van der Waals surface area contributed by atoms with Gasteiger partial charge in [0.1, 0.15) is 0 Å². The third kappa shape index (κ3) is 4.22. The number of nitrogens with zero attached hydrogens (tertiary/aromatic N) is 3. The van der Waals surface area contributed by atoms with E-state index >= 15 is 0 Å². The summed E-state index contributed by atoms with van der Waals surface area (Å²) in [7, 11) is 3.28. The van der Waals surface area contributed by atoms with E-state index in [1.165, 1.54) is 25.9 Å². The normalized spacial score (nSPS) is 15.8. The lowest BCUT2D eigenvalue weighted by Gasteiger charge is -2.14. The van der Waals surface area contributed by atoms with Crippen LogP contribution in [0.3, 0.4) is 0 Å². The molecule has 0 radical (unpaired) electrons. The van der Waals surface area contributed by atoms with Crippen molar-refractivity contribution in [3.8, 4) is 0 Å². The number of anilines is 1. The van der Waals surface area contributed by atoms with Crippen LogP contribution in [0.25, 0.3) is 10.9 Å². The van der Waals surface area contributed by atoms with Crippen molar-refractivity contribution < 1.29 is 9.47 Å². The van der Waals surface area contributed by atoms with Crippen LogP contribution in [0.2, 0.25) is 0 Å². The van der Waals surface area contributed by atoms with Gasteiger partial charge in [0.25, 0.3) is 0 Å². The van der Waals surface area contributed by atoms with Crippen molar-refractivity contribution in [3.63, 3.8) is 0 Å². The molecule has 6 nitrogen and oxygen atoms in total. The van der Waals surface area contributed by atoms with Gasteiger partial charge in [-0.15, -0.1) is 0 Å². The SMILES string of the molecule is COC(CNc1ccc2nn(CCN3CCCC3)cc2c1)OC. The number of aromatic nitrogens is 2. The Kier molecular flexibility index (Phi) is 5.48. The fourth-order valence-electron chi connectivity index (χ4n) is 3.02. The van der Waals surface area contributed by atoms with Crippen LogP contribution >= 0.6 is 0 Å². The van der Waals surface area contributed by atoms with Crippen LogP contribution in [-0.2, 0) is 16.0 Å². The zero-order valence-electron chi connectivity index (χ0n) is 14.0. The van der Waals surface area contributed by atoms with Crippen molar-refractivity contribution in [3.05, 3.63) is 24.4 Å². The number of rotatable bonds is 8. The van der Waals surface area contributed by atoms with Crippen molar-refractivity contribution in [1.29, 1.82) is 0 Å². The third-order valence-corrected chi connectivity index (χ3v) is 4.39. The highest BCUT2D eigenvalue weighted by Gasteiger charge is 2.11. The zero-order valence-corrected chi connectivity index (χ0v) is 14.0. The second-order valence-electron chi connectivity index (χ2n) is 6.00. The lowest BCUT2D eigenvalue weighted by molar-refractivity contribution is -0.0914. The summed E-state index contributed by atoms with van der Waals surface area (Å²) in [4.78, 5) is 2.51. The van der Waals surface area contributed by atoms with Crippen molar-refractivity contribution in [2.45, 2.75) is 25.7 Å². The molecule has 126 valence electrons. The van der Waals surface area contributed by atoms with E-state index in [2.05, 4.69) is 38.3 Å². The fourth-order valence-corrected chi connectivity index (χ4v) is 3.02. The first-order valence-electron chi connectivity index (χ1n) is 8.27. The van der Waals surface area contributed by atoms with Gasteiger partial charge in [0.2, 0.25) is 0 Å². The minimum atomic E-state index is -0.242. The molecule has 0 spiro atoms. The number of hydrogen-bond donors (Lipinski definition) is 1. The van der Waals surface area contributed by atoms with Crippen molar-refractivity contribution in [1.82, 2.24) is 14.7 Å². The third-order valence-electron chi connectivity index (χ3n) is 4.39. The Labute approximate surface area is 137 Å². The van der Waals surface area contributed by atoms with E-state index in [1.807, 2.05) is 6.07 Å². The summed E-state index contributed by atoms with van der Waals surface area (Å²) >= 11 is 0.